The van der Waals surface area contributed by atoms with Gasteiger partial charge in [-0.3, -0.25) is 14.8 Å². The Bertz CT molecular complexity index is 591. The van der Waals surface area contributed by atoms with E-state index in [1.165, 1.54) is 18.9 Å². The second-order valence-electron chi connectivity index (χ2n) is 3.61. The Morgan fingerprint density at radius 2 is 2.28 bits per heavy atom. The standard InChI is InChI=1S/C12H11BrN2O2S/c1-7(12(16)17-2)18-10-3-4-14-9-5-8(13)6-15-11(9)10/h3-7H,1-2H3/t7-/m1/s1. The maximum Gasteiger partial charge on any atom is 0.318 e. The van der Waals surface area contributed by atoms with Crippen LogP contribution in [0.25, 0.3) is 11.0 Å². The van der Waals surface area contributed by atoms with Crippen molar-refractivity contribution >= 4 is 44.7 Å². The Hall–Kier alpha value is -1.14. The number of carbonyl (C=O) groups is 1. The summed E-state index contributed by atoms with van der Waals surface area (Å²) in [5.41, 5.74) is 1.59. The summed E-state index contributed by atoms with van der Waals surface area (Å²) in [7, 11) is 1.39. The summed E-state index contributed by atoms with van der Waals surface area (Å²) in [5, 5.41) is -0.272. The number of nitrogens with zero attached hydrogens (tertiary/aromatic N) is 2. The summed E-state index contributed by atoms with van der Waals surface area (Å²) in [6.45, 7) is 1.81. The number of fused-ring (bicyclic) bond motifs is 1. The van der Waals surface area contributed by atoms with Gasteiger partial charge in [0.25, 0.3) is 0 Å². The van der Waals surface area contributed by atoms with E-state index in [0.29, 0.717) is 0 Å². The SMILES string of the molecule is COC(=O)[C@@H](C)Sc1ccnc2cc(Br)cnc12. The van der Waals surface area contributed by atoms with Crippen molar-refractivity contribution in [3.8, 4) is 0 Å². The van der Waals surface area contributed by atoms with E-state index in [2.05, 4.69) is 25.9 Å². The molecule has 0 saturated carbocycles. The van der Waals surface area contributed by atoms with Crippen LogP contribution >= 0.6 is 27.7 Å². The summed E-state index contributed by atoms with van der Waals surface area (Å²) in [6.07, 6.45) is 3.43. The smallest absolute Gasteiger partial charge is 0.318 e. The molecule has 94 valence electrons. The second kappa shape index (κ2) is 5.67. The molecule has 0 aliphatic carbocycles. The van der Waals surface area contributed by atoms with Gasteiger partial charge < -0.3 is 4.74 Å². The summed E-state index contributed by atoms with van der Waals surface area (Å²) < 4.78 is 5.59. The van der Waals surface area contributed by atoms with Crippen molar-refractivity contribution in [2.45, 2.75) is 17.1 Å². The van der Waals surface area contributed by atoms with Gasteiger partial charge in [-0.2, -0.15) is 0 Å². The zero-order chi connectivity index (χ0) is 13.1. The van der Waals surface area contributed by atoms with Crippen molar-refractivity contribution in [3.05, 3.63) is 29.0 Å². The van der Waals surface area contributed by atoms with Crippen LogP contribution in [0.2, 0.25) is 0 Å². The first-order valence-electron chi connectivity index (χ1n) is 5.26. The Kier molecular flexibility index (Phi) is 4.19. The molecule has 0 unspecified atom stereocenters. The fraction of sp³-hybridized carbons (Fsp3) is 0.250. The number of aromatic nitrogens is 2. The molecule has 1 atom stereocenters. The van der Waals surface area contributed by atoms with Gasteiger partial charge in [0.05, 0.1) is 12.6 Å². The number of methoxy groups -OCH3 is 1. The Morgan fingerprint density at radius 3 is 3.00 bits per heavy atom. The van der Waals surface area contributed by atoms with Crippen LogP contribution in [0.1, 0.15) is 6.92 Å². The number of rotatable bonds is 3. The van der Waals surface area contributed by atoms with Crippen molar-refractivity contribution in [1.82, 2.24) is 9.97 Å². The first kappa shape index (κ1) is 13.3. The number of hydrogen-bond donors (Lipinski definition) is 0. The minimum Gasteiger partial charge on any atom is -0.468 e. The highest BCUT2D eigenvalue weighted by molar-refractivity contribution is 9.10. The Morgan fingerprint density at radius 1 is 1.50 bits per heavy atom. The first-order valence-corrected chi connectivity index (χ1v) is 6.94. The van der Waals surface area contributed by atoms with E-state index in [0.717, 1.165) is 20.4 Å². The lowest BCUT2D eigenvalue weighted by Crippen LogP contribution is -2.14. The van der Waals surface area contributed by atoms with Crippen LogP contribution in [-0.2, 0) is 9.53 Å². The third-order valence-electron chi connectivity index (χ3n) is 2.34. The number of esters is 1. The average molecular weight is 327 g/mol. The van der Waals surface area contributed by atoms with Gasteiger partial charge in [0.1, 0.15) is 10.8 Å². The van der Waals surface area contributed by atoms with Gasteiger partial charge in [-0.25, -0.2) is 0 Å². The fourth-order valence-corrected chi connectivity index (χ4v) is 2.78. The first-order chi connectivity index (χ1) is 8.61. The number of halogens is 1. The van der Waals surface area contributed by atoms with Gasteiger partial charge in [-0.15, -0.1) is 11.8 Å². The van der Waals surface area contributed by atoms with Gasteiger partial charge in [-0.1, -0.05) is 0 Å². The normalized spacial score (nSPS) is 12.4. The second-order valence-corrected chi connectivity index (χ2v) is 5.91. The molecule has 0 amide bonds. The molecule has 4 nitrogen and oxygen atoms in total. The van der Waals surface area contributed by atoms with E-state index in [1.54, 1.807) is 12.4 Å². The zero-order valence-corrected chi connectivity index (χ0v) is 12.3. The lowest BCUT2D eigenvalue weighted by Gasteiger charge is -2.10. The third-order valence-corrected chi connectivity index (χ3v) is 3.91. The van der Waals surface area contributed by atoms with Gasteiger partial charge in [-0.05, 0) is 35.0 Å². The molecule has 6 heteroatoms. The minimum atomic E-state index is -0.272. The average Bonchev–Trinajstić information content (AvgIpc) is 2.37. The number of carbonyl (C=O) groups excluding carboxylic acids is 1. The zero-order valence-electron chi connectivity index (χ0n) is 9.88. The molecule has 0 fully saturated rings. The van der Waals surface area contributed by atoms with Gasteiger partial charge in [0, 0.05) is 21.8 Å². The molecule has 0 aliphatic heterocycles. The van der Waals surface area contributed by atoms with Crippen LogP contribution in [0.5, 0.6) is 0 Å². The quantitative estimate of drug-likeness (QED) is 0.641. The van der Waals surface area contributed by atoms with E-state index in [9.17, 15) is 4.79 Å². The molecule has 0 saturated heterocycles. The molecule has 0 aromatic carbocycles. The van der Waals surface area contributed by atoms with E-state index in [-0.39, 0.29) is 11.2 Å². The fourth-order valence-electron chi connectivity index (χ4n) is 1.48. The van der Waals surface area contributed by atoms with E-state index >= 15 is 0 Å². The third kappa shape index (κ3) is 2.81. The number of hydrogen-bond acceptors (Lipinski definition) is 5. The van der Waals surface area contributed by atoms with Crippen LogP contribution in [-0.4, -0.2) is 28.3 Å². The largest absolute Gasteiger partial charge is 0.468 e. The summed E-state index contributed by atoms with van der Waals surface area (Å²) in [4.78, 5) is 20.9. The summed E-state index contributed by atoms with van der Waals surface area (Å²) >= 11 is 4.78. The molecule has 0 spiro atoms. The van der Waals surface area contributed by atoms with Crippen molar-refractivity contribution < 1.29 is 9.53 Å². The highest BCUT2D eigenvalue weighted by Crippen LogP contribution is 2.29. The predicted molar refractivity (Wildman–Crippen MR) is 74.6 cm³/mol. The highest BCUT2D eigenvalue weighted by Gasteiger charge is 2.16. The lowest BCUT2D eigenvalue weighted by atomic mass is 10.3. The van der Waals surface area contributed by atoms with Crippen LogP contribution in [0, 0.1) is 0 Å². The van der Waals surface area contributed by atoms with Crippen LogP contribution in [0.15, 0.2) is 33.9 Å². The van der Waals surface area contributed by atoms with Gasteiger partial charge in [0.2, 0.25) is 0 Å². The lowest BCUT2D eigenvalue weighted by molar-refractivity contribution is -0.139. The van der Waals surface area contributed by atoms with Crippen molar-refractivity contribution in [1.29, 1.82) is 0 Å². The molecular formula is C12H11BrN2O2S. The van der Waals surface area contributed by atoms with Crippen molar-refractivity contribution in [2.24, 2.45) is 0 Å². The highest BCUT2D eigenvalue weighted by atomic mass is 79.9. The van der Waals surface area contributed by atoms with Crippen LogP contribution < -0.4 is 0 Å². The van der Waals surface area contributed by atoms with Crippen LogP contribution in [0.4, 0.5) is 0 Å². The maximum absolute atomic E-state index is 11.4. The molecule has 0 bridgehead atoms. The molecule has 2 rings (SSSR count). The van der Waals surface area contributed by atoms with Crippen molar-refractivity contribution in [2.75, 3.05) is 7.11 Å². The number of ether oxygens (including phenoxy) is 1. The molecule has 0 N–H and O–H groups in total. The minimum absolute atomic E-state index is 0.248. The number of thioether (sulfide) groups is 1. The monoisotopic (exact) mass is 326 g/mol. The molecule has 18 heavy (non-hydrogen) atoms. The predicted octanol–water partition coefficient (Wildman–Crippen LogP) is 3.05. The maximum atomic E-state index is 11.4. The number of pyridine rings is 2. The molecule has 2 heterocycles. The van der Waals surface area contributed by atoms with Crippen molar-refractivity contribution in [3.63, 3.8) is 0 Å². The molecule has 2 aromatic heterocycles. The van der Waals surface area contributed by atoms with E-state index in [4.69, 9.17) is 4.74 Å². The molecule has 0 radical (unpaired) electrons. The topological polar surface area (TPSA) is 52.1 Å². The molecular weight excluding hydrogens is 316 g/mol. The van der Waals surface area contributed by atoms with Gasteiger partial charge >= 0.3 is 5.97 Å². The van der Waals surface area contributed by atoms with Crippen LogP contribution in [0.3, 0.4) is 0 Å². The summed E-state index contributed by atoms with van der Waals surface area (Å²) in [5.74, 6) is -0.248. The molecule has 0 aliphatic rings. The Balaban J connectivity index is 2.36. The molecule has 2 aromatic rings. The van der Waals surface area contributed by atoms with E-state index in [1.807, 2.05) is 19.1 Å². The Labute approximate surface area is 117 Å². The van der Waals surface area contributed by atoms with Gasteiger partial charge in [0.15, 0.2) is 0 Å². The van der Waals surface area contributed by atoms with E-state index < -0.39 is 0 Å². The summed E-state index contributed by atoms with van der Waals surface area (Å²) in [6, 6.07) is 3.75.